The molecule has 5 nitrogen and oxygen atoms in total. The van der Waals surface area contributed by atoms with Crippen molar-refractivity contribution in [3.63, 3.8) is 0 Å². The molecule has 2 rings (SSSR count). The predicted molar refractivity (Wildman–Crippen MR) is 66.8 cm³/mol. The molecular weight excluding hydrogens is 234 g/mol. The molecule has 1 heterocycles. The monoisotopic (exact) mass is 247 g/mol. The van der Waals surface area contributed by atoms with Crippen molar-refractivity contribution in [1.29, 1.82) is 0 Å². The van der Waals surface area contributed by atoms with Gasteiger partial charge in [-0.15, -0.1) is 0 Å². The molecule has 0 bridgehead atoms. The molecular formula is C13H13NO4. The number of aromatic nitrogens is 1. The van der Waals surface area contributed by atoms with Crippen LogP contribution in [0.4, 0.5) is 0 Å². The van der Waals surface area contributed by atoms with Crippen LogP contribution in [0.1, 0.15) is 10.4 Å². The first kappa shape index (κ1) is 12.2. The van der Waals surface area contributed by atoms with Crippen LogP contribution in [0, 0.1) is 0 Å². The number of fused-ring (bicyclic) bond motifs is 1. The fourth-order valence-electron chi connectivity index (χ4n) is 1.81. The first-order chi connectivity index (χ1) is 8.74. The van der Waals surface area contributed by atoms with Gasteiger partial charge in [0.1, 0.15) is 17.1 Å². The van der Waals surface area contributed by atoms with Crippen LogP contribution in [0.25, 0.3) is 10.9 Å². The molecule has 94 valence electrons. The van der Waals surface area contributed by atoms with Crippen molar-refractivity contribution in [2.45, 2.75) is 0 Å². The van der Waals surface area contributed by atoms with Crippen molar-refractivity contribution in [1.82, 2.24) is 4.98 Å². The molecule has 0 fully saturated rings. The summed E-state index contributed by atoms with van der Waals surface area (Å²) in [5.41, 5.74) is 0.968. The number of aldehydes is 1. The molecule has 5 heteroatoms. The number of benzene rings is 1. The van der Waals surface area contributed by atoms with Gasteiger partial charge >= 0.3 is 0 Å². The number of carbonyl (C=O) groups is 1. The Morgan fingerprint density at radius 1 is 1.11 bits per heavy atom. The lowest BCUT2D eigenvalue weighted by molar-refractivity contribution is 0.111. The van der Waals surface area contributed by atoms with E-state index in [2.05, 4.69) is 4.98 Å². The van der Waals surface area contributed by atoms with Gasteiger partial charge in [0.2, 0.25) is 5.88 Å². The quantitative estimate of drug-likeness (QED) is 0.774. The Balaban J connectivity index is 2.84. The lowest BCUT2D eigenvalue weighted by Gasteiger charge is -2.12. The van der Waals surface area contributed by atoms with Crippen LogP contribution >= 0.6 is 0 Å². The van der Waals surface area contributed by atoms with Crippen molar-refractivity contribution >= 4 is 17.2 Å². The lowest BCUT2D eigenvalue weighted by atomic mass is 10.1. The highest BCUT2D eigenvalue weighted by Crippen LogP contribution is 2.34. The number of nitrogens with zero attached hydrogens (tertiary/aromatic N) is 1. The second-order valence-electron chi connectivity index (χ2n) is 3.57. The zero-order chi connectivity index (χ0) is 13.1. The van der Waals surface area contributed by atoms with Gasteiger partial charge in [0.05, 0.1) is 26.8 Å². The topological polar surface area (TPSA) is 57.7 Å². The summed E-state index contributed by atoms with van der Waals surface area (Å²) >= 11 is 0. The molecule has 2 aromatic rings. The molecule has 1 aromatic heterocycles. The van der Waals surface area contributed by atoms with E-state index in [1.54, 1.807) is 25.3 Å². The van der Waals surface area contributed by atoms with Crippen molar-refractivity contribution in [2.75, 3.05) is 21.3 Å². The molecule has 0 radical (unpaired) electrons. The smallest absolute Gasteiger partial charge is 0.228 e. The maximum Gasteiger partial charge on any atom is 0.228 e. The Labute approximate surface area is 104 Å². The molecule has 0 aliphatic heterocycles. The van der Waals surface area contributed by atoms with E-state index in [-0.39, 0.29) is 5.88 Å². The summed E-state index contributed by atoms with van der Waals surface area (Å²) in [6.45, 7) is 0. The van der Waals surface area contributed by atoms with Gasteiger partial charge in [-0.1, -0.05) is 0 Å². The normalized spacial score (nSPS) is 10.2. The van der Waals surface area contributed by atoms with E-state index in [0.29, 0.717) is 34.3 Å². The zero-order valence-electron chi connectivity index (χ0n) is 10.4. The van der Waals surface area contributed by atoms with Crippen LogP contribution in [-0.2, 0) is 0 Å². The molecule has 0 aliphatic rings. The first-order valence-electron chi connectivity index (χ1n) is 5.30. The summed E-state index contributed by atoms with van der Waals surface area (Å²) < 4.78 is 15.5. The summed E-state index contributed by atoms with van der Waals surface area (Å²) in [6, 6.07) is 5.34. The third kappa shape index (κ3) is 1.84. The Morgan fingerprint density at radius 2 is 1.89 bits per heavy atom. The zero-order valence-corrected chi connectivity index (χ0v) is 10.4. The molecule has 0 saturated heterocycles. The molecule has 1 aromatic carbocycles. The van der Waals surface area contributed by atoms with Gasteiger partial charge in [0, 0.05) is 5.39 Å². The number of pyridine rings is 1. The Kier molecular flexibility index (Phi) is 3.32. The van der Waals surface area contributed by atoms with E-state index in [1.807, 2.05) is 0 Å². The largest absolute Gasteiger partial charge is 0.497 e. The maximum absolute atomic E-state index is 11.1. The third-order valence-corrected chi connectivity index (χ3v) is 2.66. The molecule has 0 saturated carbocycles. The van der Waals surface area contributed by atoms with Gasteiger partial charge < -0.3 is 14.2 Å². The highest BCUT2D eigenvalue weighted by molar-refractivity contribution is 5.96. The highest BCUT2D eigenvalue weighted by Gasteiger charge is 2.16. The van der Waals surface area contributed by atoms with Gasteiger partial charge in [0.25, 0.3) is 0 Å². The van der Waals surface area contributed by atoms with E-state index in [9.17, 15) is 4.79 Å². The highest BCUT2D eigenvalue weighted by atomic mass is 16.5. The summed E-state index contributed by atoms with van der Waals surface area (Å²) in [4.78, 5) is 15.4. The summed E-state index contributed by atoms with van der Waals surface area (Å²) in [5, 5.41) is 0.708. The lowest BCUT2D eigenvalue weighted by Crippen LogP contribution is -2.00. The van der Waals surface area contributed by atoms with Crippen LogP contribution in [-0.4, -0.2) is 32.6 Å². The second-order valence-corrected chi connectivity index (χ2v) is 3.57. The van der Waals surface area contributed by atoms with Gasteiger partial charge in [-0.3, -0.25) is 4.79 Å². The minimum Gasteiger partial charge on any atom is -0.497 e. The van der Waals surface area contributed by atoms with Gasteiger partial charge in [-0.05, 0) is 18.2 Å². The average Bonchev–Trinajstić information content (AvgIpc) is 2.44. The minimum atomic E-state index is 0.250. The average molecular weight is 247 g/mol. The van der Waals surface area contributed by atoms with Gasteiger partial charge in [-0.25, -0.2) is 4.98 Å². The number of rotatable bonds is 4. The Bertz CT molecular complexity index is 595. The Morgan fingerprint density at radius 3 is 2.44 bits per heavy atom. The fraction of sp³-hybridized carbons (Fsp3) is 0.231. The van der Waals surface area contributed by atoms with Gasteiger partial charge in [-0.2, -0.15) is 0 Å². The molecule has 0 aliphatic carbocycles. The SMILES string of the molecule is COc1ccc2nc(OC)c(C=O)c(OC)c2c1. The number of ether oxygens (including phenoxy) is 3. The van der Waals surface area contributed by atoms with E-state index >= 15 is 0 Å². The molecule has 18 heavy (non-hydrogen) atoms. The molecule has 0 atom stereocenters. The standard InChI is InChI=1S/C13H13NO4/c1-16-8-4-5-11-9(6-8)12(17-2)10(7-15)13(14-11)18-3/h4-7H,1-3H3. The molecule has 0 N–H and O–H groups in total. The van der Waals surface area contributed by atoms with E-state index in [1.165, 1.54) is 14.2 Å². The van der Waals surface area contributed by atoms with Crippen LogP contribution in [0.5, 0.6) is 17.4 Å². The summed E-state index contributed by atoms with van der Waals surface area (Å²) in [6.07, 6.45) is 0.670. The first-order valence-corrected chi connectivity index (χ1v) is 5.30. The fourth-order valence-corrected chi connectivity index (χ4v) is 1.81. The maximum atomic E-state index is 11.1. The number of hydrogen-bond acceptors (Lipinski definition) is 5. The molecule has 0 spiro atoms. The van der Waals surface area contributed by atoms with Crippen molar-refractivity contribution < 1.29 is 19.0 Å². The summed E-state index contributed by atoms with van der Waals surface area (Å²) in [7, 11) is 4.54. The van der Waals surface area contributed by atoms with Crippen LogP contribution < -0.4 is 14.2 Å². The van der Waals surface area contributed by atoms with E-state index in [0.717, 1.165) is 0 Å². The van der Waals surface area contributed by atoms with Crippen LogP contribution in [0.15, 0.2) is 18.2 Å². The predicted octanol–water partition coefficient (Wildman–Crippen LogP) is 2.07. The van der Waals surface area contributed by atoms with Crippen LogP contribution in [0.3, 0.4) is 0 Å². The number of carbonyl (C=O) groups excluding carboxylic acids is 1. The van der Waals surface area contributed by atoms with Crippen molar-refractivity contribution in [2.24, 2.45) is 0 Å². The third-order valence-electron chi connectivity index (χ3n) is 2.66. The molecule has 0 unspecified atom stereocenters. The molecule has 0 amide bonds. The van der Waals surface area contributed by atoms with Crippen molar-refractivity contribution in [3.05, 3.63) is 23.8 Å². The van der Waals surface area contributed by atoms with Gasteiger partial charge in [0.15, 0.2) is 6.29 Å². The summed E-state index contributed by atoms with van der Waals surface area (Å²) in [5.74, 6) is 1.36. The van der Waals surface area contributed by atoms with Crippen LogP contribution in [0.2, 0.25) is 0 Å². The number of hydrogen-bond donors (Lipinski definition) is 0. The number of methoxy groups -OCH3 is 3. The van der Waals surface area contributed by atoms with E-state index < -0.39 is 0 Å². The van der Waals surface area contributed by atoms with E-state index in [4.69, 9.17) is 14.2 Å². The minimum absolute atomic E-state index is 0.250. The second kappa shape index (κ2) is 4.91. The Hall–Kier alpha value is -2.30. The van der Waals surface area contributed by atoms with Crippen molar-refractivity contribution in [3.8, 4) is 17.4 Å².